The van der Waals surface area contributed by atoms with Gasteiger partial charge >= 0.3 is 0 Å². The summed E-state index contributed by atoms with van der Waals surface area (Å²) in [4.78, 5) is 0. The molecule has 1 rings (SSSR count). The highest BCUT2D eigenvalue weighted by Gasteiger charge is 2.58. The molecule has 0 heterocycles. The zero-order valence-corrected chi connectivity index (χ0v) is 11.2. The van der Waals surface area contributed by atoms with Gasteiger partial charge < -0.3 is 4.55 Å². The van der Waals surface area contributed by atoms with E-state index >= 15 is 0 Å². The van der Waals surface area contributed by atoms with E-state index in [2.05, 4.69) is 0 Å². The van der Waals surface area contributed by atoms with Gasteiger partial charge in [-0.15, -0.1) is 0 Å². The first-order valence-electron chi connectivity index (χ1n) is 4.83. The lowest BCUT2D eigenvalue weighted by molar-refractivity contribution is 0.309. The van der Waals surface area contributed by atoms with Gasteiger partial charge in [-0.3, -0.25) is 4.18 Å². The van der Waals surface area contributed by atoms with Crippen molar-refractivity contribution >= 4 is 21.3 Å². The summed E-state index contributed by atoms with van der Waals surface area (Å²) in [5, 5.41) is 0. The summed E-state index contributed by atoms with van der Waals surface area (Å²) in [7, 11) is -3.43. The summed E-state index contributed by atoms with van der Waals surface area (Å²) < 4.78 is 37.8. The first kappa shape index (κ1) is 13.3. The van der Waals surface area contributed by atoms with Crippen LogP contribution < -0.4 is 0 Å². The van der Waals surface area contributed by atoms with Crippen LogP contribution in [0.25, 0.3) is 0 Å². The average Bonchev–Trinajstić information content (AvgIpc) is 2.77. The van der Waals surface area contributed by atoms with Crippen LogP contribution in [0.4, 0.5) is 0 Å². The summed E-state index contributed by atoms with van der Waals surface area (Å²) in [5.41, 5.74) is 0. The van der Waals surface area contributed by atoms with Crippen molar-refractivity contribution in [2.24, 2.45) is 0 Å². The van der Waals surface area contributed by atoms with Crippen LogP contribution in [0.2, 0.25) is 0 Å². The number of rotatable bonds is 4. The Balaban J connectivity index is 2.61. The third-order valence-electron chi connectivity index (χ3n) is 2.29. The molecule has 1 aliphatic carbocycles. The van der Waals surface area contributed by atoms with Crippen LogP contribution in [0.15, 0.2) is 0 Å². The van der Waals surface area contributed by atoms with Crippen molar-refractivity contribution in [2.45, 2.75) is 43.1 Å². The third-order valence-corrected chi connectivity index (χ3v) is 5.26. The molecule has 1 fully saturated rings. The van der Waals surface area contributed by atoms with Gasteiger partial charge in [-0.2, -0.15) is 8.42 Å². The van der Waals surface area contributed by atoms with Gasteiger partial charge in [-0.05, 0) is 31.9 Å². The molecule has 15 heavy (non-hydrogen) atoms. The van der Waals surface area contributed by atoms with E-state index in [0.29, 0.717) is 0 Å². The molecule has 0 N–H and O–H groups in total. The van der Waals surface area contributed by atoms with Crippen molar-refractivity contribution in [3.8, 4) is 0 Å². The topological polar surface area (TPSA) is 66.4 Å². The molecule has 90 valence electrons. The second-order valence-electron chi connectivity index (χ2n) is 5.03. The fraction of sp³-hybridized carbons (Fsp3) is 1.00. The second-order valence-corrected chi connectivity index (χ2v) is 9.30. The highest BCUT2D eigenvalue weighted by atomic mass is 32.2. The van der Waals surface area contributed by atoms with Gasteiger partial charge in [0.2, 0.25) is 0 Å². The third kappa shape index (κ3) is 3.62. The Bertz CT molecular complexity index is 325. The van der Waals surface area contributed by atoms with Crippen molar-refractivity contribution in [1.82, 2.24) is 0 Å². The van der Waals surface area contributed by atoms with Crippen LogP contribution >= 0.6 is 0 Å². The predicted molar refractivity (Wildman–Crippen MR) is 60.7 cm³/mol. The second kappa shape index (κ2) is 3.91. The molecule has 1 unspecified atom stereocenters. The first-order chi connectivity index (χ1) is 6.57. The minimum atomic E-state index is -3.43. The van der Waals surface area contributed by atoms with Crippen LogP contribution in [0.5, 0.6) is 0 Å². The summed E-state index contributed by atoms with van der Waals surface area (Å²) in [6.07, 6.45) is 2.59. The van der Waals surface area contributed by atoms with Gasteiger partial charge in [-0.25, -0.2) is 0 Å². The molecule has 0 radical (unpaired) electrons. The van der Waals surface area contributed by atoms with Gasteiger partial charge in [0, 0.05) is 12.8 Å². The minimum Gasteiger partial charge on any atom is -0.615 e. The lowest BCUT2D eigenvalue weighted by Gasteiger charge is -2.31. The van der Waals surface area contributed by atoms with Crippen LogP contribution in [-0.2, 0) is 25.5 Å². The van der Waals surface area contributed by atoms with E-state index in [1.807, 2.05) is 20.8 Å². The molecule has 0 bridgehead atoms. The van der Waals surface area contributed by atoms with E-state index in [4.69, 9.17) is 4.18 Å². The molecule has 1 atom stereocenters. The molecule has 0 aliphatic heterocycles. The van der Waals surface area contributed by atoms with E-state index in [0.717, 1.165) is 19.1 Å². The van der Waals surface area contributed by atoms with E-state index in [9.17, 15) is 13.0 Å². The average molecular weight is 254 g/mol. The van der Waals surface area contributed by atoms with E-state index in [1.54, 1.807) is 0 Å². The predicted octanol–water partition coefficient (Wildman–Crippen LogP) is 1.04. The maximum absolute atomic E-state index is 12.1. The lowest BCUT2D eigenvalue weighted by Crippen LogP contribution is -2.41. The van der Waals surface area contributed by atoms with E-state index in [1.165, 1.54) is 0 Å². The van der Waals surface area contributed by atoms with Gasteiger partial charge in [0.1, 0.15) is 11.4 Å². The molecule has 0 amide bonds. The fourth-order valence-corrected chi connectivity index (χ4v) is 3.84. The van der Waals surface area contributed by atoms with Crippen LogP contribution in [0.3, 0.4) is 0 Å². The Hall–Kier alpha value is 0.220. The largest absolute Gasteiger partial charge is 0.615 e. The Morgan fingerprint density at radius 1 is 1.40 bits per heavy atom. The SMILES string of the molecule is CC(C)(C)[S+]([O-])C1(COS(C)(=O)=O)CC1. The molecule has 1 aliphatic rings. The number of hydrogen-bond donors (Lipinski definition) is 0. The summed E-state index contributed by atoms with van der Waals surface area (Å²) >= 11 is -1.06. The summed E-state index contributed by atoms with van der Waals surface area (Å²) in [6.45, 7) is 5.73. The van der Waals surface area contributed by atoms with Crippen LogP contribution in [-0.4, -0.2) is 35.3 Å². The zero-order chi connectivity index (χ0) is 11.9. The lowest BCUT2D eigenvalue weighted by atomic mass is 10.3. The number of hydrogen-bond acceptors (Lipinski definition) is 4. The van der Waals surface area contributed by atoms with Gasteiger partial charge in [0.25, 0.3) is 10.1 Å². The molecule has 0 aromatic rings. The molecule has 0 aromatic carbocycles. The maximum Gasteiger partial charge on any atom is 0.264 e. The monoisotopic (exact) mass is 254 g/mol. The molecule has 1 saturated carbocycles. The Morgan fingerprint density at radius 3 is 2.13 bits per heavy atom. The molecule has 6 heteroatoms. The Morgan fingerprint density at radius 2 is 1.87 bits per heavy atom. The van der Waals surface area contributed by atoms with Gasteiger partial charge in [-0.1, -0.05) is 0 Å². The quantitative estimate of drug-likeness (QED) is 0.555. The smallest absolute Gasteiger partial charge is 0.264 e. The molecule has 0 aromatic heterocycles. The summed E-state index contributed by atoms with van der Waals surface area (Å²) in [5.74, 6) is 0. The van der Waals surface area contributed by atoms with Crippen LogP contribution in [0.1, 0.15) is 33.6 Å². The maximum atomic E-state index is 12.1. The van der Waals surface area contributed by atoms with Gasteiger partial charge in [0.15, 0.2) is 4.75 Å². The highest BCUT2D eigenvalue weighted by Crippen LogP contribution is 2.48. The first-order valence-corrected chi connectivity index (χ1v) is 7.80. The molecular formula is C9H18O4S2. The molecule has 0 spiro atoms. The van der Waals surface area contributed by atoms with Crippen molar-refractivity contribution in [3.05, 3.63) is 0 Å². The van der Waals surface area contributed by atoms with E-state index in [-0.39, 0.29) is 11.4 Å². The van der Waals surface area contributed by atoms with E-state index < -0.39 is 26.0 Å². The zero-order valence-electron chi connectivity index (χ0n) is 9.57. The summed E-state index contributed by atoms with van der Waals surface area (Å²) in [6, 6.07) is 0. The van der Waals surface area contributed by atoms with Gasteiger partial charge in [0.05, 0.1) is 6.26 Å². The van der Waals surface area contributed by atoms with Crippen molar-refractivity contribution in [3.63, 3.8) is 0 Å². The van der Waals surface area contributed by atoms with Crippen LogP contribution in [0, 0.1) is 0 Å². The Kier molecular flexibility index (Phi) is 3.46. The molecular weight excluding hydrogens is 236 g/mol. The van der Waals surface area contributed by atoms with Crippen molar-refractivity contribution in [1.29, 1.82) is 0 Å². The fourth-order valence-electron chi connectivity index (χ4n) is 1.39. The standard InChI is InChI=1S/C9H18O4S2/c1-8(2,3)14(10)9(5-6-9)7-13-15(4,11)12/h5-7H2,1-4H3. The van der Waals surface area contributed by atoms with Crippen molar-refractivity contribution < 1.29 is 17.2 Å². The Labute approximate surface area is 94.7 Å². The van der Waals surface area contributed by atoms with Crippen molar-refractivity contribution in [2.75, 3.05) is 12.9 Å². The molecule has 0 saturated heterocycles. The normalized spacial score (nSPS) is 22.5. The highest BCUT2D eigenvalue weighted by molar-refractivity contribution is 7.94. The molecule has 4 nitrogen and oxygen atoms in total. The minimum absolute atomic E-state index is 0.0513.